The fourth-order valence-corrected chi connectivity index (χ4v) is 3.52. The fraction of sp³-hybridized carbons (Fsp3) is 0.318. The number of cyclic esters (lactones) is 1. The first-order valence-corrected chi connectivity index (χ1v) is 9.04. The van der Waals surface area contributed by atoms with E-state index in [0.717, 1.165) is 16.7 Å². The van der Waals surface area contributed by atoms with Gasteiger partial charge < -0.3 is 14.8 Å². The maximum absolute atomic E-state index is 12.9. The minimum atomic E-state index is -2.57. The minimum absolute atomic E-state index is 0.176. The monoisotopic (exact) mass is 383 g/mol. The molecule has 2 atom stereocenters. The molecule has 2 aliphatic rings. The summed E-state index contributed by atoms with van der Waals surface area (Å²) in [5.74, 6) is 3.72. The number of rotatable bonds is 3. The predicted octanol–water partition coefficient (Wildman–Crippen LogP) is 4.61. The van der Waals surface area contributed by atoms with Crippen molar-refractivity contribution < 1.29 is 23.0 Å². The van der Waals surface area contributed by atoms with Gasteiger partial charge in [-0.05, 0) is 35.4 Å². The fourth-order valence-electron chi connectivity index (χ4n) is 3.52. The van der Waals surface area contributed by atoms with Crippen LogP contribution in [0.15, 0.2) is 48.5 Å². The average Bonchev–Trinajstić information content (AvgIpc) is 3.07. The molecule has 1 aliphatic carbocycles. The highest BCUT2D eigenvalue weighted by atomic mass is 19.3. The molecule has 0 radical (unpaired) electrons. The standard InChI is InChI=1S/C22H19F2NO3/c1-27-18-7-3-6-17(11-18)20-19(25-21(26)28-20)16-5-2-4-14(10-16)8-9-15-12-22(23,24)13-15/h2-7,10-11,15,19-20H,12-13H2,1H3,(H,25,26). The summed E-state index contributed by atoms with van der Waals surface area (Å²) in [7, 11) is 1.58. The Balaban J connectivity index is 1.57. The molecule has 28 heavy (non-hydrogen) atoms. The Labute approximate surface area is 161 Å². The van der Waals surface area contributed by atoms with Crippen LogP contribution in [0.2, 0.25) is 0 Å². The molecule has 4 nitrogen and oxygen atoms in total. The van der Waals surface area contributed by atoms with Gasteiger partial charge in [0.15, 0.2) is 6.10 Å². The van der Waals surface area contributed by atoms with Crippen LogP contribution in [0, 0.1) is 17.8 Å². The van der Waals surface area contributed by atoms with Crippen LogP contribution in [-0.2, 0) is 4.74 Å². The van der Waals surface area contributed by atoms with E-state index in [2.05, 4.69) is 17.2 Å². The molecule has 1 amide bonds. The normalized spacial score (nSPS) is 23.0. The second-order valence-corrected chi connectivity index (χ2v) is 7.08. The summed E-state index contributed by atoms with van der Waals surface area (Å²) in [6.45, 7) is 0. The largest absolute Gasteiger partial charge is 0.497 e. The number of hydrogen-bond donors (Lipinski definition) is 1. The maximum atomic E-state index is 12.9. The highest BCUT2D eigenvalue weighted by Gasteiger charge is 2.44. The molecular weight excluding hydrogens is 364 g/mol. The summed E-state index contributed by atoms with van der Waals surface area (Å²) in [6, 6.07) is 14.4. The number of halogens is 2. The lowest BCUT2D eigenvalue weighted by Crippen LogP contribution is -2.34. The number of carbonyl (C=O) groups excluding carboxylic acids is 1. The summed E-state index contributed by atoms with van der Waals surface area (Å²) in [5.41, 5.74) is 2.37. The second-order valence-electron chi connectivity index (χ2n) is 7.08. The molecular formula is C22H19F2NO3. The second kappa shape index (κ2) is 7.16. The van der Waals surface area contributed by atoms with Gasteiger partial charge in [0.2, 0.25) is 0 Å². The molecule has 6 heteroatoms. The number of carbonyl (C=O) groups is 1. The zero-order valence-electron chi connectivity index (χ0n) is 15.2. The van der Waals surface area contributed by atoms with Crippen molar-refractivity contribution in [3.05, 3.63) is 65.2 Å². The average molecular weight is 383 g/mol. The Hall–Kier alpha value is -3.07. The van der Waals surface area contributed by atoms with Gasteiger partial charge in [-0.25, -0.2) is 13.6 Å². The van der Waals surface area contributed by atoms with Gasteiger partial charge in [0.1, 0.15) is 5.75 Å². The molecule has 1 aliphatic heterocycles. The van der Waals surface area contributed by atoms with Crippen molar-refractivity contribution in [3.8, 4) is 17.6 Å². The molecule has 0 bridgehead atoms. The molecule has 0 aromatic heterocycles. The topological polar surface area (TPSA) is 47.6 Å². The summed E-state index contributed by atoms with van der Waals surface area (Å²) in [6.07, 6.45) is -1.35. The third-order valence-electron chi connectivity index (χ3n) is 4.99. The molecule has 1 saturated heterocycles. The number of alkyl carbamates (subject to hydrolysis) is 1. The molecule has 2 unspecified atom stereocenters. The molecule has 2 aromatic carbocycles. The first kappa shape index (κ1) is 18.3. The number of benzene rings is 2. The molecule has 2 fully saturated rings. The Bertz CT molecular complexity index is 955. The van der Waals surface area contributed by atoms with Gasteiger partial charge in [-0.15, -0.1) is 0 Å². The van der Waals surface area contributed by atoms with Crippen molar-refractivity contribution in [2.75, 3.05) is 7.11 Å². The molecule has 1 saturated carbocycles. The Morgan fingerprint density at radius 2 is 1.89 bits per heavy atom. The van der Waals surface area contributed by atoms with Crippen molar-refractivity contribution in [3.63, 3.8) is 0 Å². The molecule has 2 aromatic rings. The van der Waals surface area contributed by atoms with Crippen molar-refractivity contribution in [1.82, 2.24) is 5.32 Å². The number of amides is 1. The van der Waals surface area contributed by atoms with Crippen molar-refractivity contribution in [1.29, 1.82) is 0 Å². The van der Waals surface area contributed by atoms with E-state index in [-0.39, 0.29) is 24.8 Å². The van der Waals surface area contributed by atoms with E-state index in [0.29, 0.717) is 5.75 Å². The Morgan fingerprint density at radius 1 is 1.14 bits per heavy atom. The highest BCUT2D eigenvalue weighted by Crippen LogP contribution is 2.42. The Kier molecular flexibility index (Phi) is 4.68. The number of ether oxygens (including phenoxy) is 2. The Morgan fingerprint density at radius 3 is 2.64 bits per heavy atom. The predicted molar refractivity (Wildman–Crippen MR) is 99.1 cm³/mol. The van der Waals surface area contributed by atoms with Gasteiger partial charge in [-0.1, -0.05) is 36.1 Å². The van der Waals surface area contributed by atoms with E-state index in [1.54, 1.807) is 7.11 Å². The zero-order valence-corrected chi connectivity index (χ0v) is 15.2. The lowest BCUT2D eigenvalue weighted by molar-refractivity contribution is -0.0936. The summed E-state index contributed by atoms with van der Waals surface area (Å²) < 4.78 is 36.6. The minimum Gasteiger partial charge on any atom is -0.497 e. The highest BCUT2D eigenvalue weighted by molar-refractivity contribution is 5.71. The molecule has 1 N–H and O–H groups in total. The summed E-state index contributed by atoms with van der Waals surface area (Å²) in [4.78, 5) is 11.9. The number of alkyl halides is 2. The van der Waals surface area contributed by atoms with Gasteiger partial charge in [-0.2, -0.15) is 0 Å². The molecule has 0 spiro atoms. The van der Waals surface area contributed by atoms with Crippen LogP contribution in [0.4, 0.5) is 13.6 Å². The first-order chi connectivity index (χ1) is 13.4. The summed E-state index contributed by atoms with van der Waals surface area (Å²) >= 11 is 0. The third-order valence-corrected chi connectivity index (χ3v) is 4.99. The van der Waals surface area contributed by atoms with E-state index in [1.165, 1.54) is 0 Å². The zero-order chi connectivity index (χ0) is 19.7. The molecule has 144 valence electrons. The van der Waals surface area contributed by atoms with Gasteiger partial charge in [-0.3, -0.25) is 0 Å². The quantitative estimate of drug-likeness (QED) is 0.787. The smallest absolute Gasteiger partial charge is 0.408 e. The lowest BCUT2D eigenvalue weighted by atomic mass is 9.82. The van der Waals surface area contributed by atoms with Crippen molar-refractivity contribution in [2.24, 2.45) is 5.92 Å². The van der Waals surface area contributed by atoms with Gasteiger partial charge >= 0.3 is 6.09 Å². The van der Waals surface area contributed by atoms with Crippen LogP contribution in [0.1, 0.15) is 41.7 Å². The van der Waals surface area contributed by atoms with E-state index >= 15 is 0 Å². The number of nitrogens with one attached hydrogen (secondary N) is 1. The number of hydrogen-bond acceptors (Lipinski definition) is 3. The molecule has 4 rings (SSSR count). The van der Waals surface area contributed by atoms with Gasteiger partial charge in [0.25, 0.3) is 5.92 Å². The van der Waals surface area contributed by atoms with Crippen LogP contribution in [-0.4, -0.2) is 19.1 Å². The number of methoxy groups -OCH3 is 1. The van der Waals surface area contributed by atoms with Gasteiger partial charge in [0.05, 0.1) is 13.2 Å². The maximum Gasteiger partial charge on any atom is 0.408 e. The SMILES string of the molecule is COc1cccc(C2OC(=O)NC2c2cccc(C#CC3CC(F)(F)C3)c2)c1. The van der Waals surface area contributed by atoms with E-state index in [4.69, 9.17) is 9.47 Å². The van der Waals surface area contributed by atoms with Crippen LogP contribution < -0.4 is 10.1 Å². The van der Waals surface area contributed by atoms with E-state index < -0.39 is 18.1 Å². The summed E-state index contributed by atoms with van der Waals surface area (Å²) in [5, 5.41) is 2.83. The van der Waals surface area contributed by atoms with Crippen LogP contribution >= 0.6 is 0 Å². The molecule has 1 heterocycles. The van der Waals surface area contributed by atoms with Gasteiger partial charge in [0, 0.05) is 24.3 Å². The van der Waals surface area contributed by atoms with E-state index in [1.807, 2.05) is 48.5 Å². The van der Waals surface area contributed by atoms with E-state index in [9.17, 15) is 13.6 Å². The first-order valence-electron chi connectivity index (χ1n) is 9.04. The lowest BCUT2D eigenvalue weighted by Gasteiger charge is -2.31. The van der Waals surface area contributed by atoms with Crippen LogP contribution in [0.5, 0.6) is 5.75 Å². The van der Waals surface area contributed by atoms with Crippen LogP contribution in [0.25, 0.3) is 0 Å². The third kappa shape index (κ3) is 3.79. The van der Waals surface area contributed by atoms with Crippen molar-refractivity contribution >= 4 is 6.09 Å². The van der Waals surface area contributed by atoms with Crippen LogP contribution in [0.3, 0.4) is 0 Å². The van der Waals surface area contributed by atoms with Crippen molar-refractivity contribution in [2.45, 2.75) is 30.9 Å².